The Morgan fingerprint density at radius 1 is 1.57 bits per heavy atom. The van der Waals surface area contributed by atoms with Crippen LogP contribution in [0.15, 0.2) is 4.79 Å². The summed E-state index contributed by atoms with van der Waals surface area (Å²) in [5.74, 6) is 0.490. The number of aryl methyl sites for hydroxylation is 1. The van der Waals surface area contributed by atoms with E-state index in [9.17, 15) is 9.18 Å². The van der Waals surface area contributed by atoms with Crippen LogP contribution in [0.3, 0.4) is 0 Å². The van der Waals surface area contributed by atoms with Gasteiger partial charge in [-0.2, -0.15) is 4.39 Å². The second-order valence-electron chi connectivity index (χ2n) is 3.91. The number of H-pyrrole nitrogens is 1. The second kappa shape index (κ2) is 3.52. The summed E-state index contributed by atoms with van der Waals surface area (Å²) in [6.07, 6.45) is 4.42. The monoisotopic (exact) mass is 196 g/mol. The van der Waals surface area contributed by atoms with E-state index in [-0.39, 0.29) is 5.69 Å². The first-order valence-corrected chi connectivity index (χ1v) is 4.92. The van der Waals surface area contributed by atoms with Gasteiger partial charge in [0.05, 0.1) is 5.69 Å². The quantitative estimate of drug-likeness (QED) is 0.780. The SMILES string of the molecule is Cc1nc(CC2CCC2)[nH]c(=O)c1F. The zero-order chi connectivity index (χ0) is 10.1. The van der Waals surface area contributed by atoms with Gasteiger partial charge < -0.3 is 4.98 Å². The van der Waals surface area contributed by atoms with Crippen LogP contribution in [-0.4, -0.2) is 9.97 Å². The van der Waals surface area contributed by atoms with E-state index in [1.165, 1.54) is 26.2 Å². The molecule has 0 atom stereocenters. The highest BCUT2D eigenvalue weighted by Gasteiger charge is 2.19. The van der Waals surface area contributed by atoms with Crippen molar-refractivity contribution in [2.45, 2.75) is 32.6 Å². The lowest BCUT2D eigenvalue weighted by atomic mass is 9.83. The lowest BCUT2D eigenvalue weighted by molar-refractivity contribution is 0.308. The van der Waals surface area contributed by atoms with Gasteiger partial charge in [-0.3, -0.25) is 4.79 Å². The van der Waals surface area contributed by atoms with E-state index < -0.39 is 11.4 Å². The summed E-state index contributed by atoms with van der Waals surface area (Å²) in [7, 11) is 0. The van der Waals surface area contributed by atoms with Crippen LogP contribution in [0.1, 0.15) is 30.8 Å². The van der Waals surface area contributed by atoms with Crippen LogP contribution in [0, 0.1) is 18.7 Å². The molecule has 76 valence electrons. The maximum atomic E-state index is 12.9. The maximum Gasteiger partial charge on any atom is 0.287 e. The van der Waals surface area contributed by atoms with Crippen LogP contribution in [0.4, 0.5) is 4.39 Å². The van der Waals surface area contributed by atoms with Gasteiger partial charge in [-0.25, -0.2) is 4.98 Å². The average molecular weight is 196 g/mol. The lowest BCUT2D eigenvalue weighted by Gasteiger charge is -2.24. The molecule has 1 aromatic rings. The van der Waals surface area contributed by atoms with Crippen LogP contribution >= 0.6 is 0 Å². The molecule has 2 rings (SSSR count). The summed E-state index contributed by atoms with van der Waals surface area (Å²) < 4.78 is 12.9. The topological polar surface area (TPSA) is 45.8 Å². The number of nitrogens with one attached hydrogen (secondary N) is 1. The van der Waals surface area contributed by atoms with E-state index in [0.29, 0.717) is 11.7 Å². The fourth-order valence-electron chi connectivity index (χ4n) is 1.70. The molecule has 14 heavy (non-hydrogen) atoms. The number of halogens is 1. The zero-order valence-corrected chi connectivity index (χ0v) is 8.14. The van der Waals surface area contributed by atoms with E-state index in [2.05, 4.69) is 9.97 Å². The molecule has 1 aliphatic carbocycles. The fraction of sp³-hybridized carbons (Fsp3) is 0.600. The van der Waals surface area contributed by atoms with E-state index in [1.54, 1.807) is 0 Å². The molecule has 0 bridgehead atoms. The Kier molecular flexibility index (Phi) is 2.35. The molecular weight excluding hydrogens is 183 g/mol. The molecule has 1 fully saturated rings. The van der Waals surface area contributed by atoms with Crippen LogP contribution in [0.5, 0.6) is 0 Å². The number of hydrogen-bond acceptors (Lipinski definition) is 2. The molecule has 1 aromatic heterocycles. The van der Waals surface area contributed by atoms with Crippen molar-refractivity contribution in [1.82, 2.24) is 9.97 Å². The number of aromatic nitrogens is 2. The van der Waals surface area contributed by atoms with E-state index in [4.69, 9.17) is 0 Å². The van der Waals surface area contributed by atoms with E-state index in [1.807, 2.05) is 0 Å². The maximum absolute atomic E-state index is 12.9. The predicted molar refractivity (Wildman–Crippen MR) is 50.6 cm³/mol. The molecule has 1 aliphatic rings. The molecule has 0 spiro atoms. The van der Waals surface area contributed by atoms with Crippen LogP contribution < -0.4 is 5.56 Å². The van der Waals surface area contributed by atoms with Crippen LogP contribution in [0.25, 0.3) is 0 Å². The van der Waals surface area contributed by atoms with E-state index >= 15 is 0 Å². The number of aromatic amines is 1. The first kappa shape index (κ1) is 9.37. The molecule has 0 aliphatic heterocycles. The minimum atomic E-state index is -0.762. The highest BCUT2D eigenvalue weighted by molar-refractivity contribution is 5.04. The number of hydrogen-bond donors (Lipinski definition) is 1. The minimum Gasteiger partial charge on any atom is -0.308 e. The normalized spacial score (nSPS) is 16.7. The van der Waals surface area contributed by atoms with E-state index in [0.717, 1.165) is 6.42 Å². The Bertz CT molecular complexity index is 396. The first-order valence-electron chi connectivity index (χ1n) is 4.92. The molecule has 4 heteroatoms. The van der Waals surface area contributed by atoms with Gasteiger partial charge in [0.15, 0.2) is 0 Å². The van der Waals surface area contributed by atoms with Gasteiger partial charge >= 0.3 is 0 Å². The van der Waals surface area contributed by atoms with Crippen molar-refractivity contribution in [3.05, 3.63) is 27.7 Å². The van der Waals surface area contributed by atoms with Gasteiger partial charge in [-0.15, -0.1) is 0 Å². The van der Waals surface area contributed by atoms with Gasteiger partial charge in [0, 0.05) is 6.42 Å². The Morgan fingerprint density at radius 2 is 2.29 bits per heavy atom. The summed E-state index contributed by atoms with van der Waals surface area (Å²) >= 11 is 0. The van der Waals surface area contributed by atoms with Gasteiger partial charge in [-0.1, -0.05) is 19.3 Å². The van der Waals surface area contributed by atoms with Crippen molar-refractivity contribution in [3.8, 4) is 0 Å². The first-order chi connectivity index (χ1) is 6.66. The molecule has 0 radical (unpaired) electrons. The molecule has 1 heterocycles. The Balaban J connectivity index is 2.21. The van der Waals surface area contributed by atoms with Crippen molar-refractivity contribution < 1.29 is 4.39 Å². The zero-order valence-electron chi connectivity index (χ0n) is 8.14. The standard InChI is InChI=1S/C10H13FN2O/c1-6-9(11)10(14)13-8(12-6)5-7-3-2-4-7/h7H,2-5H2,1H3,(H,12,13,14). The van der Waals surface area contributed by atoms with Crippen molar-refractivity contribution in [1.29, 1.82) is 0 Å². The molecule has 3 nitrogen and oxygen atoms in total. The van der Waals surface area contributed by atoms with Crippen LogP contribution in [0.2, 0.25) is 0 Å². The predicted octanol–water partition coefficient (Wildman–Crippen LogP) is 1.56. The smallest absolute Gasteiger partial charge is 0.287 e. The molecule has 1 N–H and O–H groups in total. The largest absolute Gasteiger partial charge is 0.308 e. The lowest BCUT2D eigenvalue weighted by Crippen LogP contribution is -2.21. The number of rotatable bonds is 2. The third kappa shape index (κ3) is 1.69. The van der Waals surface area contributed by atoms with Crippen molar-refractivity contribution in [2.75, 3.05) is 0 Å². The molecule has 0 unspecified atom stereocenters. The molecule has 0 aromatic carbocycles. The Hall–Kier alpha value is -1.19. The highest BCUT2D eigenvalue weighted by Crippen LogP contribution is 2.28. The molecule has 1 saturated carbocycles. The average Bonchev–Trinajstić information content (AvgIpc) is 2.07. The summed E-state index contributed by atoms with van der Waals surface area (Å²) in [4.78, 5) is 17.6. The van der Waals surface area contributed by atoms with Gasteiger partial charge in [-0.05, 0) is 12.8 Å². The Labute approximate surface area is 81.4 Å². The van der Waals surface area contributed by atoms with Crippen LogP contribution in [-0.2, 0) is 6.42 Å². The molecule has 0 saturated heterocycles. The molecule has 0 amide bonds. The summed E-state index contributed by atoms with van der Waals surface area (Å²) in [6, 6.07) is 0. The van der Waals surface area contributed by atoms with Crippen molar-refractivity contribution in [3.63, 3.8) is 0 Å². The van der Waals surface area contributed by atoms with Crippen molar-refractivity contribution >= 4 is 0 Å². The third-order valence-electron chi connectivity index (χ3n) is 2.78. The molecular formula is C10H13FN2O. The Morgan fingerprint density at radius 3 is 2.79 bits per heavy atom. The minimum absolute atomic E-state index is 0.197. The summed E-state index contributed by atoms with van der Waals surface area (Å²) in [5, 5.41) is 0. The highest BCUT2D eigenvalue weighted by atomic mass is 19.1. The second-order valence-corrected chi connectivity index (χ2v) is 3.91. The van der Waals surface area contributed by atoms with Gasteiger partial charge in [0.2, 0.25) is 5.82 Å². The fourth-order valence-corrected chi connectivity index (χ4v) is 1.70. The van der Waals surface area contributed by atoms with Crippen molar-refractivity contribution in [2.24, 2.45) is 5.92 Å². The summed E-state index contributed by atoms with van der Waals surface area (Å²) in [5.41, 5.74) is -0.449. The summed E-state index contributed by atoms with van der Waals surface area (Å²) in [6.45, 7) is 1.52. The van der Waals surface area contributed by atoms with Gasteiger partial charge in [0.25, 0.3) is 5.56 Å². The number of nitrogens with zero attached hydrogens (tertiary/aromatic N) is 1. The third-order valence-corrected chi connectivity index (χ3v) is 2.78. The van der Waals surface area contributed by atoms with Gasteiger partial charge in [0.1, 0.15) is 5.82 Å².